The zero-order valence-electron chi connectivity index (χ0n) is 18.5. The van der Waals surface area contributed by atoms with E-state index in [1.54, 1.807) is 57.0 Å². The summed E-state index contributed by atoms with van der Waals surface area (Å²) in [4.78, 5) is 12.9. The number of anilines is 1. The predicted molar refractivity (Wildman–Crippen MR) is 120 cm³/mol. The van der Waals surface area contributed by atoms with Crippen LogP contribution in [0, 0.1) is 13.8 Å². The topological polar surface area (TPSA) is 99.9 Å². The molecule has 0 saturated carbocycles. The molecule has 0 aliphatic carbocycles. The fourth-order valence-corrected chi connectivity index (χ4v) is 3.54. The molecule has 1 amide bonds. The lowest BCUT2D eigenvalue weighted by molar-refractivity contribution is 0.102. The molecule has 2 aromatic heterocycles. The second kappa shape index (κ2) is 8.54. The van der Waals surface area contributed by atoms with E-state index < -0.39 is 0 Å². The summed E-state index contributed by atoms with van der Waals surface area (Å²) in [6.07, 6.45) is 0. The molecule has 0 aliphatic rings. The van der Waals surface area contributed by atoms with Gasteiger partial charge in [-0.25, -0.2) is 4.52 Å². The summed E-state index contributed by atoms with van der Waals surface area (Å²) in [5.74, 6) is 1.49. The third-order valence-electron chi connectivity index (χ3n) is 5.16. The Balaban J connectivity index is 1.74. The summed E-state index contributed by atoms with van der Waals surface area (Å²) < 4.78 is 17.6. The highest BCUT2D eigenvalue weighted by atomic mass is 16.5. The van der Waals surface area contributed by atoms with Crippen molar-refractivity contribution in [1.82, 2.24) is 19.8 Å². The molecule has 0 saturated heterocycles. The number of carbonyl (C=O) groups is 1. The van der Waals surface area contributed by atoms with Crippen molar-refractivity contribution in [3.63, 3.8) is 0 Å². The van der Waals surface area contributed by atoms with Crippen LogP contribution in [0.3, 0.4) is 0 Å². The van der Waals surface area contributed by atoms with E-state index in [9.17, 15) is 4.79 Å². The minimum absolute atomic E-state index is 0.182. The van der Waals surface area contributed by atoms with Crippen LogP contribution >= 0.6 is 0 Å². The summed E-state index contributed by atoms with van der Waals surface area (Å²) >= 11 is 0. The first kappa shape index (κ1) is 21.1. The summed E-state index contributed by atoms with van der Waals surface area (Å²) in [5, 5.41) is 16.0. The number of hydrogen-bond donors (Lipinski definition) is 1. The fraction of sp³-hybridized carbons (Fsp3) is 0.217. The predicted octanol–water partition coefficient (Wildman–Crippen LogP) is 3.69. The maximum atomic E-state index is 12.9. The quantitative estimate of drug-likeness (QED) is 0.495. The molecule has 0 spiro atoms. The molecule has 2 aromatic carbocycles. The Bertz CT molecular complexity index is 1320. The molecule has 0 atom stereocenters. The number of ether oxygens (including phenoxy) is 3. The van der Waals surface area contributed by atoms with Crippen LogP contribution in [0.5, 0.6) is 17.2 Å². The van der Waals surface area contributed by atoms with E-state index in [1.165, 1.54) is 0 Å². The molecular formula is C23H23N5O4. The van der Waals surface area contributed by atoms with Gasteiger partial charge >= 0.3 is 0 Å². The van der Waals surface area contributed by atoms with Crippen LogP contribution < -0.4 is 19.5 Å². The Morgan fingerprint density at radius 1 is 0.938 bits per heavy atom. The maximum absolute atomic E-state index is 12.9. The number of methoxy groups -OCH3 is 3. The van der Waals surface area contributed by atoms with Gasteiger partial charge in [0.2, 0.25) is 0 Å². The van der Waals surface area contributed by atoms with Crippen LogP contribution in [0.25, 0.3) is 16.8 Å². The molecule has 32 heavy (non-hydrogen) atoms. The monoisotopic (exact) mass is 433 g/mol. The van der Waals surface area contributed by atoms with Crippen molar-refractivity contribution in [2.45, 2.75) is 13.8 Å². The molecule has 9 heteroatoms. The Morgan fingerprint density at radius 3 is 2.44 bits per heavy atom. The van der Waals surface area contributed by atoms with E-state index in [0.29, 0.717) is 34.3 Å². The number of nitrogens with zero attached hydrogens (tertiary/aromatic N) is 4. The van der Waals surface area contributed by atoms with Gasteiger partial charge in [-0.15, -0.1) is 10.2 Å². The molecule has 9 nitrogen and oxygen atoms in total. The lowest BCUT2D eigenvalue weighted by Gasteiger charge is -2.10. The molecule has 0 unspecified atom stereocenters. The van der Waals surface area contributed by atoms with E-state index in [2.05, 4.69) is 20.6 Å². The van der Waals surface area contributed by atoms with Gasteiger partial charge in [0, 0.05) is 11.8 Å². The number of nitrogens with one attached hydrogen (secondary N) is 1. The van der Waals surface area contributed by atoms with Gasteiger partial charge in [0.25, 0.3) is 5.91 Å². The summed E-state index contributed by atoms with van der Waals surface area (Å²) in [6, 6.07) is 12.7. The highest BCUT2D eigenvalue weighted by molar-refractivity contribution is 6.03. The number of hydrogen-bond acceptors (Lipinski definition) is 7. The Morgan fingerprint density at radius 2 is 1.72 bits per heavy atom. The number of aryl methyl sites for hydroxylation is 2. The largest absolute Gasteiger partial charge is 0.497 e. The van der Waals surface area contributed by atoms with Crippen LogP contribution in [0.2, 0.25) is 0 Å². The lowest BCUT2D eigenvalue weighted by Crippen LogP contribution is -2.18. The van der Waals surface area contributed by atoms with Gasteiger partial charge in [-0.3, -0.25) is 4.79 Å². The first-order chi connectivity index (χ1) is 15.5. The van der Waals surface area contributed by atoms with Crippen molar-refractivity contribution >= 4 is 17.2 Å². The van der Waals surface area contributed by atoms with Gasteiger partial charge in [-0.1, -0.05) is 12.1 Å². The Labute approximate surface area is 185 Å². The van der Waals surface area contributed by atoms with Gasteiger partial charge in [-0.2, -0.15) is 5.10 Å². The minimum Gasteiger partial charge on any atom is -0.497 e. The summed E-state index contributed by atoms with van der Waals surface area (Å²) in [5.41, 5.74) is 4.31. The first-order valence-corrected chi connectivity index (χ1v) is 9.87. The summed E-state index contributed by atoms with van der Waals surface area (Å²) in [7, 11) is 4.74. The smallest absolute Gasteiger partial charge is 0.278 e. The van der Waals surface area contributed by atoms with Crippen LogP contribution in [0.1, 0.15) is 21.9 Å². The van der Waals surface area contributed by atoms with E-state index in [4.69, 9.17) is 14.2 Å². The minimum atomic E-state index is -0.383. The molecule has 0 fully saturated rings. The summed E-state index contributed by atoms with van der Waals surface area (Å²) in [6.45, 7) is 3.67. The molecule has 0 aliphatic heterocycles. The number of amides is 1. The first-order valence-electron chi connectivity index (χ1n) is 9.87. The van der Waals surface area contributed by atoms with Crippen LogP contribution in [-0.4, -0.2) is 47.0 Å². The average molecular weight is 433 g/mol. The molecule has 0 radical (unpaired) electrons. The third-order valence-corrected chi connectivity index (χ3v) is 5.16. The molecule has 1 N–H and O–H groups in total. The molecule has 0 bridgehead atoms. The van der Waals surface area contributed by atoms with Crippen molar-refractivity contribution in [3.8, 4) is 28.4 Å². The second-order valence-electron chi connectivity index (χ2n) is 7.09. The number of rotatable bonds is 6. The van der Waals surface area contributed by atoms with Crippen molar-refractivity contribution < 1.29 is 19.0 Å². The highest BCUT2D eigenvalue weighted by Crippen LogP contribution is 2.35. The highest BCUT2D eigenvalue weighted by Gasteiger charge is 2.21. The van der Waals surface area contributed by atoms with Gasteiger partial charge in [0.1, 0.15) is 5.75 Å². The van der Waals surface area contributed by atoms with Gasteiger partial charge < -0.3 is 19.5 Å². The lowest BCUT2D eigenvalue weighted by atomic mass is 10.1. The van der Waals surface area contributed by atoms with Crippen molar-refractivity contribution in [1.29, 1.82) is 0 Å². The Kier molecular flexibility index (Phi) is 5.63. The number of carbonyl (C=O) groups excluding carboxylic acids is 1. The SMILES string of the molecule is COc1cccc(NC(=O)c2nnc3c(-c4ccc(OC)c(OC)c4)c(C)nn3c2C)c1. The second-order valence-corrected chi connectivity index (χ2v) is 7.09. The van der Waals surface area contributed by atoms with E-state index in [-0.39, 0.29) is 11.6 Å². The maximum Gasteiger partial charge on any atom is 0.278 e. The van der Waals surface area contributed by atoms with Crippen molar-refractivity contribution in [3.05, 3.63) is 59.5 Å². The average Bonchev–Trinajstić information content (AvgIpc) is 3.15. The third kappa shape index (κ3) is 3.68. The zero-order chi connectivity index (χ0) is 22.8. The Hall–Kier alpha value is -4.14. The van der Waals surface area contributed by atoms with E-state index >= 15 is 0 Å². The van der Waals surface area contributed by atoms with Gasteiger partial charge in [0.05, 0.1) is 38.3 Å². The molecule has 4 rings (SSSR count). The van der Waals surface area contributed by atoms with Crippen molar-refractivity contribution in [2.24, 2.45) is 0 Å². The van der Waals surface area contributed by atoms with Crippen LogP contribution in [-0.2, 0) is 0 Å². The van der Waals surface area contributed by atoms with E-state index in [1.807, 2.05) is 25.1 Å². The molecule has 164 valence electrons. The van der Waals surface area contributed by atoms with Crippen LogP contribution in [0.15, 0.2) is 42.5 Å². The molecular weight excluding hydrogens is 410 g/mol. The van der Waals surface area contributed by atoms with Gasteiger partial charge in [-0.05, 0) is 43.7 Å². The van der Waals surface area contributed by atoms with E-state index in [0.717, 1.165) is 16.8 Å². The molecule has 2 heterocycles. The number of benzene rings is 2. The number of aromatic nitrogens is 4. The van der Waals surface area contributed by atoms with Gasteiger partial charge in [0.15, 0.2) is 22.8 Å². The van der Waals surface area contributed by atoms with Crippen molar-refractivity contribution in [2.75, 3.05) is 26.6 Å². The molecule has 4 aromatic rings. The van der Waals surface area contributed by atoms with Crippen LogP contribution in [0.4, 0.5) is 5.69 Å². The zero-order valence-corrected chi connectivity index (χ0v) is 18.5. The normalized spacial score (nSPS) is 10.8. The number of fused-ring (bicyclic) bond motifs is 1. The standard InChI is InChI=1S/C23H23N5O4/c1-13-20(15-9-10-18(31-4)19(11-15)32-5)22-26-25-21(14(2)28(22)27-13)23(29)24-16-7-6-8-17(12-16)30-3/h6-12H,1-5H3,(H,24,29). The fourth-order valence-electron chi connectivity index (χ4n) is 3.54.